The normalized spacial score (nSPS) is 26.8. The molecular formula is C9H15N. The van der Waals surface area contributed by atoms with Crippen LogP contribution in [0.3, 0.4) is 0 Å². The van der Waals surface area contributed by atoms with Gasteiger partial charge in [0.1, 0.15) is 0 Å². The highest BCUT2D eigenvalue weighted by atomic mass is 14.6. The summed E-state index contributed by atoms with van der Waals surface area (Å²) in [6, 6.07) is 0.334. The Morgan fingerprint density at radius 3 is 2.90 bits per heavy atom. The van der Waals surface area contributed by atoms with Gasteiger partial charge in [-0.25, -0.2) is 0 Å². The predicted molar refractivity (Wildman–Crippen MR) is 44.7 cm³/mol. The van der Waals surface area contributed by atoms with E-state index in [1.807, 2.05) is 0 Å². The van der Waals surface area contributed by atoms with Gasteiger partial charge in [0.05, 0.1) is 0 Å². The lowest BCUT2D eigenvalue weighted by molar-refractivity contribution is 0.528. The zero-order valence-corrected chi connectivity index (χ0v) is 6.46. The molecule has 2 atom stereocenters. The maximum Gasteiger partial charge on any atom is 0.00162 e. The third-order valence-electron chi connectivity index (χ3n) is 1.74. The van der Waals surface area contributed by atoms with Crippen LogP contribution in [0, 0.1) is 5.92 Å². The summed E-state index contributed by atoms with van der Waals surface area (Å²) in [5, 5.41) is 0. The standard InChI is InChI=1S/C9H15N/c1-8(10)7-9-5-3-2-4-6-9/h2-5,8-9H,6-7,10H2,1H3. The van der Waals surface area contributed by atoms with Crippen molar-refractivity contribution in [3.63, 3.8) is 0 Å². The second kappa shape index (κ2) is 3.57. The van der Waals surface area contributed by atoms with Crippen molar-refractivity contribution in [2.45, 2.75) is 25.8 Å². The third kappa shape index (κ3) is 2.36. The second-order valence-electron chi connectivity index (χ2n) is 3.02. The van der Waals surface area contributed by atoms with E-state index in [-0.39, 0.29) is 0 Å². The average Bonchev–Trinajstić information content (AvgIpc) is 1.88. The lowest BCUT2D eigenvalue weighted by atomic mass is 9.94. The van der Waals surface area contributed by atoms with Crippen LogP contribution in [-0.4, -0.2) is 6.04 Å². The molecule has 1 aliphatic rings. The van der Waals surface area contributed by atoms with Crippen LogP contribution in [0.25, 0.3) is 0 Å². The van der Waals surface area contributed by atoms with Gasteiger partial charge in [-0.1, -0.05) is 24.3 Å². The van der Waals surface area contributed by atoms with Crippen LogP contribution in [0.5, 0.6) is 0 Å². The number of hydrogen-bond acceptors (Lipinski definition) is 1. The van der Waals surface area contributed by atoms with Gasteiger partial charge in [0, 0.05) is 6.04 Å². The summed E-state index contributed by atoms with van der Waals surface area (Å²) in [7, 11) is 0. The summed E-state index contributed by atoms with van der Waals surface area (Å²) in [6.07, 6.45) is 10.9. The zero-order valence-electron chi connectivity index (χ0n) is 6.46. The number of nitrogens with two attached hydrogens (primary N) is 1. The molecule has 2 N–H and O–H groups in total. The minimum absolute atomic E-state index is 0.334. The molecule has 0 radical (unpaired) electrons. The smallest absolute Gasteiger partial charge is 0.00162 e. The molecule has 0 aromatic carbocycles. The van der Waals surface area contributed by atoms with Crippen LogP contribution in [0.2, 0.25) is 0 Å². The first-order valence-corrected chi connectivity index (χ1v) is 3.88. The minimum atomic E-state index is 0.334. The Balaban J connectivity index is 2.30. The number of rotatable bonds is 2. The summed E-state index contributed by atoms with van der Waals surface area (Å²) < 4.78 is 0. The highest BCUT2D eigenvalue weighted by molar-refractivity contribution is 5.10. The van der Waals surface area contributed by atoms with E-state index in [9.17, 15) is 0 Å². The fourth-order valence-electron chi connectivity index (χ4n) is 1.28. The molecule has 10 heavy (non-hydrogen) atoms. The molecule has 0 fully saturated rings. The van der Waals surface area contributed by atoms with Gasteiger partial charge in [0.15, 0.2) is 0 Å². The molecule has 0 heterocycles. The van der Waals surface area contributed by atoms with E-state index < -0.39 is 0 Å². The SMILES string of the molecule is CC(N)CC1C=CC=CC1. The molecule has 1 aliphatic carbocycles. The predicted octanol–water partition coefficient (Wildman–Crippen LogP) is 1.86. The van der Waals surface area contributed by atoms with Crippen molar-refractivity contribution >= 4 is 0 Å². The highest BCUT2D eigenvalue weighted by Gasteiger charge is 2.06. The quantitative estimate of drug-likeness (QED) is 0.617. The molecule has 0 saturated carbocycles. The van der Waals surface area contributed by atoms with Crippen molar-refractivity contribution in [2.75, 3.05) is 0 Å². The van der Waals surface area contributed by atoms with E-state index in [1.54, 1.807) is 0 Å². The zero-order chi connectivity index (χ0) is 7.40. The Bertz CT molecular complexity index is 145. The van der Waals surface area contributed by atoms with Gasteiger partial charge in [-0.15, -0.1) is 0 Å². The van der Waals surface area contributed by atoms with Crippen LogP contribution in [0.4, 0.5) is 0 Å². The van der Waals surface area contributed by atoms with E-state index >= 15 is 0 Å². The Morgan fingerprint density at radius 2 is 2.40 bits per heavy atom. The van der Waals surface area contributed by atoms with Gasteiger partial charge in [-0.05, 0) is 25.7 Å². The Hall–Kier alpha value is -0.560. The molecule has 2 unspecified atom stereocenters. The molecule has 1 nitrogen and oxygen atoms in total. The largest absolute Gasteiger partial charge is 0.328 e. The molecule has 0 amide bonds. The summed E-state index contributed by atoms with van der Waals surface area (Å²) in [5.41, 5.74) is 5.67. The fraction of sp³-hybridized carbons (Fsp3) is 0.556. The van der Waals surface area contributed by atoms with Crippen LogP contribution >= 0.6 is 0 Å². The molecule has 0 spiro atoms. The maximum absolute atomic E-state index is 5.67. The van der Waals surface area contributed by atoms with E-state index in [4.69, 9.17) is 5.73 Å². The van der Waals surface area contributed by atoms with Crippen molar-refractivity contribution in [1.82, 2.24) is 0 Å². The van der Waals surface area contributed by atoms with Crippen molar-refractivity contribution < 1.29 is 0 Å². The summed E-state index contributed by atoms with van der Waals surface area (Å²) in [4.78, 5) is 0. The lowest BCUT2D eigenvalue weighted by Gasteiger charge is -2.14. The van der Waals surface area contributed by atoms with E-state index in [0.29, 0.717) is 12.0 Å². The third-order valence-corrected chi connectivity index (χ3v) is 1.74. The van der Waals surface area contributed by atoms with Gasteiger partial charge >= 0.3 is 0 Å². The molecule has 0 aliphatic heterocycles. The van der Waals surface area contributed by atoms with Crippen LogP contribution in [0.1, 0.15) is 19.8 Å². The Labute approximate surface area is 62.6 Å². The van der Waals surface area contributed by atoms with Gasteiger partial charge in [0.25, 0.3) is 0 Å². The minimum Gasteiger partial charge on any atom is -0.328 e. The van der Waals surface area contributed by atoms with Gasteiger partial charge < -0.3 is 5.73 Å². The molecular weight excluding hydrogens is 122 g/mol. The average molecular weight is 137 g/mol. The van der Waals surface area contributed by atoms with Crippen molar-refractivity contribution in [1.29, 1.82) is 0 Å². The van der Waals surface area contributed by atoms with Gasteiger partial charge in [0.2, 0.25) is 0 Å². The summed E-state index contributed by atoms with van der Waals surface area (Å²) in [5.74, 6) is 0.685. The Morgan fingerprint density at radius 1 is 1.60 bits per heavy atom. The summed E-state index contributed by atoms with van der Waals surface area (Å²) >= 11 is 0. The molecule has 1 rings (SSSR count). The van der Waals surface area contributed by atoms with Crippen molar-refractivity contribution in [3.05, 3.63) is 24.3 Å². The van der Waals surface area contributed by atoms with Crippen LogP contribution in [0.15, 0.2) is 24.3 Å². The maximum atomic E-state index is 5.67. The molecule has 0 saturated heterocycles. The first kappa shape index (κ1) is 7.55. The molecule has 0 aromatic rings. The second-order valence-corrected chi connectivity index (χ2v) is 3.02. The van der Waals surface area contributed by atoms with Crippen molar-refractivity contribution in [3.8, 4) is 0 Å². The van der Waals surface area contributed by atoms with Crippen LogP contribution in [-0.2, 0) is 0 Å². The van der Waals surface area contributed by atoms with Crippen molar-refractivity contribution in [2.24, 2.45) is 11.7 Å². The first-order valence-electron chi connectivity index (χ1n) is 3.88. The highest BCUT2D eigenvalue weighted by Crippen LogP contribution is 2.16. The first-order chi connectivity index (χ1) is 4.79. The van der Waals surface area contributed by atoms with Gasteiger partial charge in [-0.3, -0.25) is 0 Å². The van der Waals surface area contributed by atoms with E-state index in [2.05, 4.69) is 31.2 Å². The lowest BCUT2D eigenvalue weighted by Crippen LogP contribution is -2.18. The monoisotopic (exact) mass is 137 g/mol. The van der Waals surface area contributed by atoms with Gasteiger partial charge in [-0.2, -0.15) is 0 Å². The van der Waals surface area contributed by atoms with E-state index in [1.165, 1.54) is 0 Å². The number of allylic oxidation sites excluding steroid dienone is 4. The molecule has 0 bridgehead atoms. The summed E-state index contributed by atoms with van der Waals surface area (Å²) in [6.45, 7) is 2.06. The molecule has 56 valence electrons. The molecule has 1 heteroatoms. The topological polar surface area (TPSA) is 26.0 Å². The van der Waals surface area contributed by atoms with E-state index in [0.717, 1.165) is 12.8 Å². The Kier molecular flexibility index (Phi) is 2.69. The fourth-order valence-corrected chi connectivity index (χ4v) is 1.28. The van der Waals surface area contributed by atoms with Crippen LogP contribution < -0.4 is 5.73 Å². The molecule has 0 aromatic heterocycles. The number of hydrogen-bond donors (Lipinski definition) is 1.